The third-order valence-electron chi connectivity index (χ3n) is 3.91. The highest BCUT2D eigenvalue weighted by atomic mass is 16.3. The van der Waals surface area contributed by atoms with Gasteiger partial charge in [0.2, 0.25) is 0 Å². The first kappa shape index (κ1) is 16.8. The molecule has 1 N–H and O–H groups in total. The van der Waals surface area contributed by atoms with Crippen LogP contribution in [-0.4, -0.2) is 29.6 Å². The van der Waals surface area contributed by atoms with E-state index < -0.39 is 5.60 Å². The lowest BCUT2D eigenvalue weighted by Crippen LogP contribution is -2.31. The molecule has 0 saturated heterocycles. The predicted octanol–water partition coefficient (Wildman–Crippen LogP) is 3.27. The number of hydrogen-bond donors (Lipinski definition) is 1. The summed E-state index contributed by atoms with van der Waals surface area (Å²) in [6, 6.07) is 9.85. The lowest BCUT2D eigenvalue weighted by Gasteiger charge is -2.31. The summed E-state index contributed by atoms with van der Waals surface area (Å²) >= 11 is 0. The van der Waals surface area contributed by atoms with Crippen molar-refractivity contribution in [2.75, 3.05) is 19.6 Å². The van der Waals surface area contributed by atoms with E-state index in [1.54, 1.807) is 0 Å². The minimum Gasteiger partial charge on any atom is -0.384 e. The van der Waals surface area contributed by atoms with E-state index in [9.17, 15) is 5.11 Å². The third kappa shape index (κ3) is 4.37. The van der Waals surface area contributed by atoms with E-state index >= 15 is 0 Å². The monoisotopic (exact) mass is 273 g/mol. The van der Waals surface area contributed by atoms with Gasteiger partial charge in [0, 0.05) is 6.42 Å². The molecule has 0 amide bonds. The van der Waals surface area contributed by atoms with Crippen LogP contribution in [0.15, 0.2) is 30.3 Å². The first-order valence-corrected chi connectivity index (χ1v) is 7.50. The van der Waals surface area contributed by atoms with Crippen molar-refractivity contribution in [1.29, 1.82) is 0 Å². The van der Waals surface area contributed by atoms with Crippen LogP contribution in [0.2, 0.25) is 0 Å². The summed E-state index contributed by atoms with van der Waals surface area (Å²) in [7, 11) is 0. The first-order valence-electron chi connectivity index (χ1n) is 7.50. The molecule has 110 valence electrons. The van der Waals surface area contributed by atoms with E-state index in [0.29, 0.717) is 6.42 Å². The van der Waals surface area contributed by atoms with Gasteiger partial charge in [-0.15, -0.1) is 0 Å². The van der Waals surface area contributed by atoms with Crippen LogP contribution in [0.25, 0.3) is 0 Å². The molecular weight excluding hydrogens is 246 g/mol. The molecule has 2 heteroatoms. The summed E-state index contributed by atoms with van der Waals surface area (Å²) in [6.07, 6.45) is 0.482. The molecule has 0 heterocycles. The second kappa shape index (κ2) is 8.09. The molecule has 1 rings (SSSR count). The normalized spacial score (nSPS) is 13.9. The van der Waals surface area contributed by atoms with Crippen molar-refractivity contribution < 1.29 is 5.11 Å². The summed E-state index contributed by atoms with van der Waals surface area (Å²) in [5, 5.41) is 10.9. The van der Waals surface area contributed by atoms with Crippen LogP contribution >= 0.6 is 0 Å². The molecule has 0 aromatic heterocycles. The molecule has 0 fully saturated rings. The van der Waals surface area contributed by atoms with E-state index in [1.165, 1.54) is 0 Å². The van der Waals surface area contributed by atoms with E-state index in [4.69, 9.17) is 0 Å². The van der Waals surface area contributed by atoms with Crippen LogP contribution in [0.4, 0.5) is 0 Å². The van der Waals surface area contributed by atoms with Crippen molar-refractivity contribution in [2.45, 2.75) is 39.7 Å². The molecule has 0 aliphatic carbocycles. The summed E-state index contributed by atoms with van der Waals surface area (Å²) in [5.74, 6) is 6.48. The smallest absolute Gasteiger partial charge is 0.103 e. The Kier molecular flexibility index (Phi) is 6.78. The van der Waals surface area contributed by atoms with E-state index in [-0.39, 0.29) is 5.92 Å². The topological polar surface area (TPSA) is 23.5 Å². The quantitative estimate of drug-likeness (QED) is 0.804. The number of aliphatic hydroxyl groups is 1. The molecule has 1 atom stereocenters. The average molecular weight is 273 g/mol. The average Bonchev–Trinajstić information content (AvgIpc) is 2.48. The Morgan fingerprint density at radius 1 is 1.10 bits per heavy atom. The Bertz CT molecular complexity index is 439. The fourth-order valence-electron chi connectivity index (χ4n) is 2.18. The van der Waals surface area contributed by atoms with Gasteiger partial charge in [0.1, 0.15) is 5.60 Å². The van der Waals surface area contributed by atoms with Crippen LogP contribution in [0, 0.1) is 17.8 Å². The zero-order chi connectivity index (χ0) is 15.0. The Balaban J connectivity index is 2.77. The van der Waals surface area contributed by atoms with Gasteiger partial charge in [0.25, 0.3) is 0 Å². The highest BCUT2D eigenvalue weighted by Gasteiger charge is 2.31. The molecule has 0 saturated carbocycles. The standard InChI is InChI=1S/C18H27NO/c1-5-19(6-2)15-11-10-14-18(20,16(3)4)17-12-8-7-9-13-17/h7-9,12-13,16,20H,5-6,14-15H2,1-4H3. The van der Waals surface area contributed by atoms with Crippen LogP contribution in [0.5, 0.6) is 0 Å². The first-order chi connectivity index (χ1) is 9.54. The Labute approximate surface area is 123 Å². The second-order valence-corrected chi connectivity index (χ2v) is 5.44. The molecule has 0 aliphatic heterocycles. The molecule has 2 nitrogen and oxygen atoms in total. The summed E-state index contributed by atoms with van der Waals surface area (Å²) in [6.45, 7) is 11.2. The zero-order valence-electron chi connectivity index (χ0n) is 13.2. The second-order valence-electron chi connectivity index (χ2n) is 5.44. The third-order valence-corrected chi connectivity index (χ3v) is 3.91. The Hall–Kier alpha value is -1.30. The minimum absolute atomic E-state index is 0.132. The van der Waals surface area contributed by atoms with Gasteiger partial charge in [0.05, 0.1) is 6.54 Å². The SMILES string of the molecule is CCN(CC)CC#CCC(O)(c1ccccc1)C(C)C. The molecule has 0 aliphatic rings. The van der Waals surface area contributed by atoms with Crippen LogP contribution in [0.1, 0.15) is 39.7 Å². The predicted molar refractivity (Wildman–Crippen MR) is 85.4 cm³/mol. The summed E-state index contributed by atoms with van der Waals surface area (Å²) in [4.78, 5) is 2.27. The molecule has 0 spiro atoms. The van der Waals surface area contributed by atoms with Crippen molar-refractivity contribution in [3.63, 3.8) is 0 Å². The number of benzene rings is 1. The Morgan fingerprint density at radius 3 is 2.20 bits per heavy atom. The van der Waals surface area contributed by atoms with Gasteiger partial charge in [-0.05, 0) is 24.6 Å². The number of nitrogens with zero attached hydrogens (tertiary/aromatic N) is 1. The van der Waals surface area contributed by atoms with Crippen molar-refractivity contribution in [1.82, 2.24) is 4.90 Å². The van der Waals surface area contributed by atoms with Crippen LogP contribution < -0.4 is 0 Å². The Morgan fingerprint density at radius 2 is 1.70 bits per heavy atom. The minimum atomic E-state index is -0.864. The van der Waals surface area contributed by atoms with Gasteiger partial charge in [-0.2, -0.15) is 0 Å². The molecule has 0 radical (unpaired) electrons. The van der Waals surface area contributed by atoms with Gasteiger partial charge in [-0.1, -0.05) is 69.9 Å². The maximum atomic E-state index is 10.9. The van der Waals surface area contributed by atoms with Crippen LogP contribution in [0.3, 0.4) is 0 Å². The van der Waals surface area contributed by atoms with E-state index in [0.717, 1.165) is 25.2 Å². The summed E-state index contributed by atoms with van der Waals surface area (Å²) in [5.41, 5.74) is 0.0875. The lowest BCUT2D eigenvalue weighted by atomic mass is 9.81. The number of hydrogen-bond acceptors (Lipinski definition) is 2. The molecular formula is C18H27NO. The fourth-order valence-corrected chi connectivity index (χ4v) is 2.18. The largest absolute Gasteiger partial charge is 0.384 e. The van der Waals surface area contributed by atoms with Gasteiger partial charge in [0.15, 0.2) is 0 Å². The summed E-state index contributed by atoms with van der Waals surface area (Å²) < 4.78 is 0. The lowest BCUT2D eigenvalue weighted by molar-refractivity contribution is -0.00533. The van der Waals surface area contributed by atoms with Crippen LogP contribution in [-0.2, 0) is 5.60 Å². The van der Waals surface area contributed by atoms with Gasteiger partial charge >= 0.3 is 0 Å². The highest BCUT2D eigenvalue weighted by molar-refractivity contribution is 5.25. The zero-order valence-corrected chi connectivity index (χ0v) is 13.2. The highest BCUT2D eigenvalue weighted by Crippen LogP contribution is 2.32. The molecule has 20 heavy (non-hydrogen) atoms. The number of rotatable bonds is 6. The van der Waals surface area contributed by atoms with Gasteiger partial charge in [-0.25, -0.2) is 0 Å². The van der Waals surface area contributed by atoms with Crippen molar-refractivity contribution in [3.8, 4) is 11.8 Å². The molecule has 1 aromatic rings. The molecule has 1 aromatic carbocycles. The maximum absolute atomic E-state index is 10.9. The van der Waals surface area contributed by atoms with Crippen molar-refractivity contribution in [3.05, 3.63) is 35.9 Å². The van der Waals surface area contributed by atoms with Gasteiger partial charge < -0.3 is 5.11 Å². The van der Waals surface area contributed by atoms with E-state index in [1.807, 2.05) is 44.2 Å². The maximum Gasteiger partial charge on any atom is 0.103 e. The molecule has 0 bridgehead atoms. The van der Waals surface area contributed by atoms with Gasteiger partial charge in [-0.3, -0.25) is 4.90 Å². The fraction of sp³-hybridized carbons (Fsp3) is 0.556. The van der Waals surface area contributed by atoms with E-state index in [2.05, 4.69) is 30.6 Å². The van der Waals surface area contributed by atoms with Crippen molar-refractivity contribution >= 4 is 0 Å². The molecule has 1 unspecified atom stereocenters. The van der Waals surface area contributed by atoms with Crippen molar-refractivity contribution in [2.24, 2.45) is 5.92 Å².